The van der Waals surface area contributed by atoms with Crippen LogP contribution < -0.4 is 0 Å². The van der Waals surface area contributed by atoms with Crippen molar-refractivity contribution < 1.29 is 9.63 Å². The highest BCUT2D eigenvalue weighted by Gasteiger charge is 2.23. The maximum atomic E-state index is 8.95. The van der Waals surface area contributed by atoms with Crippen LogP contribution in [-0.4, -0.2) is 39.8 Å². The number of thiophene rings is 1. The smallest absolute Gasteiger partial charge is 0.241 e. The van der Waals surface area contributed by atoms with Crippen LogP contribution in [0, 0.1) is 5.92 Å². The van der Waals surface area contributed by atoms with E-state index >= 15 is 0 Å². The number of aliphatic hydroxyl groups is 1. The fourth-order valence-electron chi connectivity index (χ4n) is 2.49. The molecule has 0 aliphatic carbocycles. The van der Waals surface area contributed by atoms with Crippen molar-refractivity contribution in [3.05, 3.63) is 22.7 Å². The molecule has 19 heavy (non-hydrogen) atoms. The summed E-state index contributed by atoms with van der Waals surface area (Å²) in [6.07, 6.45) is 2.03. The van der Waals surface area contributed by atoms with E-state index in [1.165, 1.54) is 0 Å². The summed E-state index contributed by atoms with van der Waals surface area (Å²) in [4.78, 5) is 6.74. The number of rotatable bonds is 5. The number of hydrogen-bond donors (Lipinski definition) is 1. The molecule has 5 nitrogen and oxygen atoms in total. The third kappa shape index (κ3) is 3.02. The van der Waals surface area contributed by atoms with E-state index in [0.717, 1.165) is 31.5 Å². The summed E-state index contributed by atoms with van der Waals surface area (Å²) < 4.78 is 5.30. The van der Waals surface area contributed by atoms with Crippen molar-refractivity contribution in [2.45, 2.75) is 19.4 Å². The summed E-state index contributed by atoms with van der Waals surface area (Å²) in [6, 6.07) is 1.99. The molecule has 1 unspecified atom stereocenters. The molecule has 102 valence electrons. The lowest BCUT2D eigenvalue weighted by Crippen LogP contribution is -2.20. The van der Waals surface area contributed by atoms with Gasteiger partial charge in [-0.3, -0.25) is 4.90 Å². The molecule has 0 amide bonds. The summed E-state index contributed by atoms with van der Waals surface area (Å²) >= 11 is 1.63. The first-order valence-electron chi connectivity index (χ1n) is 6.53. The van der Waals surface area contributed by atoms with Crippen molar-refractivity contribution in [2.75, 3.05) is 19.7 Å². The van der Waals surface area contributed by atoms with Gasteiger partial charge in [0.1, 0.15) is 0 Å². The van der Waals surface area contributed by atoms with Gasteiger partial charge in [-0.15, -0.1) is 0 Å². The largest absolute Gasteiger partial charge is 0.396 e. The van der Waals surface area contributed by atoms with Gasteiger partial charge in [0.25, 0.3) is 0 Å². The van der Waals surface area contributed by atoms with Crippen molar-refractivity contribution in [1.29, 1.82) is 0 Å². The van der Waals surface area contributed by atoms with Crippen LogP contribution in [0.2, 0.25) is 0 Å². The van der Waals surface area contributed by atoms with E-state index in [4.69, 9.17) is 9.63 Å². The topological polar surface area (TPSA) is 62.4 Å². The second kappa shape index (κ2) is 5.81. The first-order chi connectivity index (χ1) is 9.35. The highest BCUT2D eigenvalue weighted by molar-refractivity contribution is 7.08. The lowest BCUT2D eigenvalue weighted by Gasteiger charge is -2.12. The Morgan fingerprint density at radius 2 is 2.47 bits per heavy atom. The van der Waals surface area contributed by atoms with E-state index in [-0.39, 0.29) is 6.61 Å². The Kier molecular flexibility index (Phi) is 3.91. The molecule has 3 heterocycles. The lowest BCUT2D eigenvalue weighted by molar-refractivity contribution is 0.236. The van der Waals surface area contributed by atoms with Gasteiger partial charge < -0.3 is 9.63 Å². The molecule has 0 aromatic carbocycles. The molecule has 3 rings (SSSR count). The van der Waals surface area contributed by atoms with Gasteiger partial charge in [-0.05, 0) is 36.8 Å². The Labute approximate surface area is 115 Å². The van der Waals surface area contributed by atoms with Gasteiger partial charge in [0.2, 0.25) is 11.7 Å². The molecule has 0 radical (unpaired) electrons. The highest BCUT2D eigenvalue weighted by atomic mass is 32.1. The minimum absolute atomic E-state index is 0.279. The minimum atomic E-state index is 0.279. The molecule has 1 saturated heterocycles. The molecule has 0 bridgehead atoms. The second-order valence-electron chi connectivity index (χ2n) is 4.93. The predicted molar refractivity (Wildman–Crippen MR) is 72.7 cm³/mol. The van der Waals surface area contributed by atoms with Gasteiger partial charge in [0.05, 0.1) is 6.54 Å². The molecule has 0 saturated carbocycles. The Hall–Kier alpha value is -1.24. The average Bonchev–Trinajstić information content (AvgIpc) is 3.10. The third-order valence-electron chi connectivity index (χ3n) is 3.51. The van der Waals surface area contributed by atoms with E-state index in [2.05, 4.69) is 15.0 Å². The number of likely N-dealkylation sites (tertiary alicyclic amines) is 1. The molecular weight excluding hydrogens is 262 g/mol. The maximum Gasteiger partial charge on any atom is 0.241 e. The molecule has 1 fully saturated rings. The molecule has 2 aromatic heterocycles. The van der Waals surface area contributed by atoms with E-state index in [9.17, 15) is 0 Å². The number of nitrogens with zero attached hydrogens (tertiary/aromatic N) is 3. The fraction of sp³-hybridized carbons (Fsp3) is 0.538. The summed E-state index contributed by atoms with van der Waals surface area (Å²) in [6.45, 7) is 3.04. The van der Waals surface area contributed by atoms with Crippen molar-refractivity contribution in [3.8, 4) is 11.4 Å². The molecule has 1 atom stereocenters. The van der Waals surface area contributed by atoms with Crippen LogP contribution in [0.3, 0.4) is 0 Å². The zero-order chi connectivity index (χ0) is 13.1. The van der Waals surface area contributed by atoms with E-state index in [0.29, 0.717) is 24.2 Å². The van der Waals surface area contributed by atoms with E-state index in [1.54, 1.807) is 11.3 Å². The molecular formula is C13H17N3O2S. The van der Waals surface area contributed by atoms with Gasteiger partial charge in [0.15, 0.2) is 0 Å². The molecule has 0 spiro atoms. The fourth-order valence-corrected chi connectivity index (χ4v) is 3.13. The van der Waals surface area contributed by atoms with E-state index in [1.807, 2.05) is 16.8 Å². The summed E-state index contributed by atoms with van der Waals surface area (Å²) in [5, 5.41) is 17.0. The third-order valence-corrected chi connectivity index (χ3v) is 4.20. The molecule has 1 N–H and O–H groups in total. The van der Waals surface area contributed by atoms with Gasteiger partial charge in [0, 0.05) is 24.1 Å². The molecule has 1 aliphatic heterocycles. The van der Waals surface area contributed by atoms with Crippen molar-refractivity contribution in [1.82, 2.24) is 15.0 Å². The van der Waals surface area contributed by atoms with Crippen LogP contribution in [0.25, 0.3) is 11.4 Å². The van der Waals surface area contributed by atoms with E-state index < -0.39 is 0 Å². The monoisotopic (exact) mass is 279 g/mol. The minimum Gasteiger partial charge on any atom is -0.396 e. The molecule has 1 aliphatic rings. The van der Waals surface area contributed by atoms with Crippen LogP contribution in [0.15, 0.2) is 21.3 Å². The normalized spacial score (nSPS) is 20.2. The predicted octanol–water partition coefficient (Wildman–Crippen LogP) is 2.00. The van der Waals surface area contributed by atoms with Crippen LogP contribution in [-0.2, 0) is 6.54 Å². The Bertz CT molecular complexity index is 512. The van der Waals surface area contributed by atoms with Crippen LogP contribution in [0.4, 0.5) is 0 Å². The van der Waals surface area contributed by atoms with Crippen LogP contribution in [0.5, 0.6) is 0 Å². The highest BCUT2D eigenvalue weighted by Crippen LogP contribution is 2.22. The quantitative estimate of drug-likeness (QED) is 0.907. The summed E-state index contributed by atoms with van der Waals surface area (Å²) in [5.74, 6) is 1.94. The lowest BCUT2D eigenvalue weighted by atomic mass is 10.1. The van der Waals surface area contributed by atoms with Crippen LogP contribution in [0.1, 0.15) is 18.7 Å². The van der Waals surface area contributed by atoms with Crippen molar-refractivity contribution in [2.24, 2.45) is 5.92 Å². The van der Waals surface area contributed by atoms with Crippen molar-refractivity contribution >= 4 is 11.3 Å². The Morgan fingerprint density at radius 3 is 3.26 bits per heavy atom. The van der Waals surface area contributed by atoms with Gasteiger partial charge in [-0.1, -0.05) is 5.16 Å². The zero-order valence-corrected chi connectivity index (χ0v) is 11.5. The maximum absolute atomic E-state index is 8.95. The summed E-state index contributed by atoms with van der Waals surface area (Å²) in [7, 11) is 0. The standard InChI is InChI=1S/C13H17N3O2S/c17-5-2-10-1-4-16(7-10)8-12-14-13(15-18-12)11-3-6-19-9-11/h3,6,9-10,17H,1-2,4-5,7-8H2. The second-order valence-corrected chi connectivity index (χ2v) is 5.71. The first kappa shape index (κ1) is 12.8. The average molecular weight is 279 g/mol. The number of aromatic nitrogens is 2. The molecule has 6 heteroatoms. The number of hydrogen-bond acceptors (Lipinski definition) is 6. The zero-order valence-electron chi connectivity index (χ0n) is 10.7. The van der Waals surface area contributed by atoms with Gasteiger partial charge in [-0.25, -0.2) is 0 Å². The Balaban J connectivity index is 1.59. The van der Waals surface area contributed by atoms with Crippen molar-refractivity contribution in [3.63, 3.8) is 0 Å². The molecule has 2 aromatic rings. The SMILES string of the molecule is OCCC1CCN(Cc2nc(-c3ccsc3)no2)C1. The van der Waals surface area contributed by atoms with Crippen LogP contribution >= 0.6 is 11.3 Å². The summed E-state index contributed by atoms with van der Waals surface area (Å²) in [5.41, 5.74) is 1.01. The van der Waals surface area contributed by atoms with Gasteiger partial charge >= 0.3 is 0 Å². The first-order valence-corrected chi connectivity index (χ1v) is 7.48. The number of aliphatic hydroxyl groups excluding tert-OH is 1. The Morgan fingerprint density at radius 1 is 1.53 bits per heavy atom. The van der Waals surface area contributed by atoms with Gasteiger partial charge in [-0.2, -0.15) is 16.3 Å².